The normalized spacial score (nSPS) is 16.1. The van der Waals surface area contributed by atoms with Gasteiger partial charge in [-0.1, -0.05) is 27.6 Å². The van der Waals surface area contributed by atoms with E-state index >= 15 is 0 Å². The van der Waals surface area contributed by atoms with Crippen LogP contribution in [0.25, 0.3) is 0 Å². The lowest BCUT2D eigenvalue weighted by molar-refractivity contribution is -0.138. The van der Waals surface area contributed by atoms with Crippen molar-refractivity contribution in [3.05, 3.63) is 45.4 Å². The molecule has 2 rings (SSSR count). The molecule has 1 aromatic carbocycles. The quantitative estimate of drug-likeness (QED) is 0.695. The fraction of sp³-hybridized carbons (Fsp3) is 0.357. The van der Waals surface area contributed by atoms with Gasteiger partial charge in [-0.25, -0.2) is 0 Å². The summed E-state index contributed by atoms with van der Waals surface area (Å²) in [5.74, 6) is -0.572. The number of nitrogens with zero attached hydrogens (tertiary/aromatic N) is 1. The first-order valence-electron chi connectivity index (χ1n) is 6.10. The molecule has 0 atom stereocenters. The summed E-state index contributed by atoms with van der Waals surface area (Å²) in [5, 5.41) is 0. The standard InChI is InChI=1S/C14H13BrF3NO/c1-9-3-2-6-19(8-9)13(20)11-5-4-10(15)7-12(11)14(16,17)18/h3-5,7H,2,6,8H2,1H3. The highest BCUT2D eigenvalue weighted by molar-refractivity contribution is 9.10. The summed E-state index contributed by atoms with van der Waals surface area (Å²) < 4.78 is 39.4. The zero-order chi connectivity index (χ0) is 14.9. The van der Waals surface area contributed by atoms with E-state index in [-0.39, 0.29) is 5.56 Å². The van der Waals surface area contributed by atoms with E-state index in [1.54, 1.807) is 0 Å². The van der Waals surface area contributed by atoms with Crippen LogP contribution in [-0.4, -0.2) is 23.9 Å². The predicted molar refractivity (Wildman–Crippen MR) is 73.4 cm³/mol. The lowest BCUT2D eigenvalue weighted by Crippen LogP contribution is -2.36. The van der Waals surface area contributed by atoms with Crippen LogP contribution in [0.4, 0.5) is 13.2 Å². The number of amides is 1. The van der Waals surface area contributed by atoms with Crippen LogP contribution >= 0.6 is 15.9 Å². The van der Waals surface area contributed by atoms with Crippen molar-refractivity contribution < 1.29 is 18.0 Å². The first kappa shape index (κ1) is 15.1. The maximum Gasteiger partial charge on any atom is 0.417 e. The van der Waals surface area contributed by atoms with Gasteiger partial charge in [0.05, 0.1) is 11.1 Å². The molecule has 0 bridgehead atoms. The Balaban J connectivity index is 2.37. The largest absolute Gasteiger partial charge is 0.417 e. The molecule has 0 radical (unpaired) electrons. The molecule has 0 aromatic heterocycles. The average Bonchev–Trinajstić information content (AvgIpc) is 2.37. The van der Waals surface area contributed by atoms with E-state index in [0.29, 0.717) is 24.0 Å². The third-order valence-corrected chi connectivity index (χ3v) is 3.63. The Morgan fingerprint density at radius 2 is 2.05 bits per heavy atom. The van der Waals surface area contributed by atoms with Gasteiger partial charge in [-0.15, -0.1) is 0 Å². The fourth-order valence-corrected chi connectivity index (χ4v) is 2.55. The molecule has 20 heavy (non-hydrogen) atoms. The number of carbonyl (C=O) groups is 1. The van der Waals surface area contributed by atoms with Gasteiger partial charge in [0.1, 0.15) is 0 Å². The van der Waals surface area contributed by atoms with Gasteiger partial charge in [0.25, 0.3) is 5.91 Å². The van der Waals surface area contributed by atoms with Crippen LogP contribution in [-0.2, 0) is 6.18 Å². The number of halogens is 4. The molecular weight excluding hydrogens is 335 g/mol. The molecule has 0 aliphatic carbocycles. The minimum Gasteiger partial charge on any atom is -0.334 e. The summed E-state index contributed by atoms with van der Waals surface area (Å²) in [5.41, 5.74) is -0.199. The summed E-state index contributed by atoms with van der Waals surface area (Å²) in [4.78, 5) is 13.8. The van der Waals surface area contributed by atoms with Crippen LogP contribution in [0.3, 0.4) is 0 Å². The molecule has 2 nitrogen and oxygen atoms in total. The first-order valence-corrected chi connectivity index (χ1v) is 6.90. The Morgan fingerprint density at radius 1 is 1.35 bits per heavy atom. The number of rotatable bonds is 1. The number of benzene rings is 1. The van der Waals surface area contributed by atoms with Crippen molar-refractivity contribution in [3.8, 4) is 0 Å². The van der Waals surface area contributed by atoms with Crippen molar-refractivity contribution in [2.45, 2.75) is 19.5 Å². The molecule has 0 saturated heterocycles. The van der Waals surface area contributed by atoms with Crippen molar-refractivity contribution in [2.24, 2.45) is 0 Å². The van der Waals surface area contributed by atoms with Crippen LogP contribution in [0.15, 0.2) is 34.3 Å². The van der Waals surface area contributed by atoms with E-state index < -0.39 is 17.6 Å². The lowest BCUT2D eigenvalue weighted by Gasteiger charge is -2.27. The van der Waals surface area contributed by atoms with E-state index in [1.807, 2.05) is 13.0 Å². The van der Waals surface area contributed by atoms with Crippen LogP contribution in [0.5, 0.6) is 0 Å². The monoisotopic (exact) mass is 347 g/mol. The SMILES string of the molecule is CC1=CCCN(C(=O)c2ccc(Br)cc2C(F)(F)F)C1. The number of carbonyl (C=O) groups excluding carboxylic acids is 1. The van der Waals surface area contributed by atoms with Gasteiger partial charge >= 0.3 is 6.18 Å². The van der Waals surface area contributed by atoms with Crippen LogP contribution < -0.4 is 0 Å². The predicted octanol–water partition coefficient (Wildman–Crippen LogP) is 4.26. The molecule has 0 saturated carbocycles. The summed E-state index contributed by atoms with van der Waals surface area (Å²) in [6.07, 6.45) is -1.87. The Morgan fingerprint density at radius 3 is 2.65 bits per heavy atom. The van der Waals surface area contributed by atoms with Gasteiger partial charge in [0.15, 0.2) is 0 Å². The van der Waals surface area contributed by atoms with E-state index in [2.05, 4.69) is 15.9 Å². The van der Waals surface area contributed by atoms with Crippen LogP contribution in [0, 0.1) is 0 Å². The second-order valence-corrected chi connectivity index (χ2v) is 5.67. The topological polar surface area (TPSA) is 20.3 Å². The summed E-state index contributed by atoms with van der Waals surface area (Å²) in [6.45, 7) is 2.70. The van der Waals surface area contributed by atoms with Crippen LogP contribution in [0.2, 0.25) is 0 Å². The van der Waals surface area contributed by atoms with Crippen molar-refractivity contribution in [1.29, 1.82) is 0 Å². The average molecular weight is 348 g/mol. The van der Waals surface area contributed by atoms with Crippen molar-refractivity contribution in [3.63, 3.8) is 0 Å². The van der Waals surface area contributed by atoms with Crippen molar-refractivity contribution in [1.82, 2.24) is 4.90 Å². The molecule has 0 fully saturated rings. The van der Waals surface area contributed by atoms with Gasteiger partial charge < -0.3 is 4.90 Å². The molecule has 1 aromatic rings. The lowest BCUT2D eigenvalue weighted by atomic mass is 10.0. The zero-order valence-electron chi connectivity index (χ0n) is 10.8. The number of hydrogen-bond donors (Lipinski definition) is 0. The highest BCUT2D eigenvalue weighted by Gasteiger charge is 2.36. The minimum absolute atomic E-state index is 0.296. The highest BCUT2D eigenvalue weighted by Crippen LogP contribution is 2.34. The maximum absolute atomic E-state index is 13.0. The first-order chi connectivity index (χ1) is 9.29. The molecule has 0 spiro atoms. The summed E-state index contributed by atoms with van der Waals surface area (Å²) in [6, 6.07) is 3.62. The molecule has 6 heteroatoms. The molecule has 1 amide bonds. The Kier molecular flexibility index (Phi) is 4.22. The molecule has 1 aliphatic rings. The second-order valence-electron chi connectivity index (χ2n) is 4.75. The van der Waals surface area contributed by atoms with E-state index in [4.69, 9.17) is 0 Å². The van der Waals surface area contributed by atoms with E-state index in [9.17, 15) is 18.0 Å². The molecule has 0 unspecified atom stereocenters. The molecule has 1 heterocycles. The van der Waals surface area contributed by atoms with Gasteiger partial charge in [0, 0.05) is 17.6 Å². The van der Waals surface area contributed by atoms with E-state index in [0.717, 1.165) is 11.6 Å². The molecular formula is C14H13BrF3NO. The third kappa shape index (κ3) is 3.23. The summed E-state index contributed by atoms with van der Waals surface area (Å²) in [7, 11) is 0. The fourth-order valence-electron chi connectivity index (χ4n) is 2.19. The van der Waals surface area contributed by atoms with Gasteiger partial charge in [0.2, 0.25) is 0 Å². The Hall–Kier alpha value is -1.30. The second kappa shape index (κ2) is 5.60. The van der Waals surface area contributed by atoms with Crippen LogP contribution in [0.1, 0.15) is 29.3 Å². The molecule has 1 aliphatic heterocycles. The van der Waals surface area contributed by atoms with Crippen molar-refractivity contribution in [2.75, 3.05) is 13.1 Å². The molecule has 0 N–H and O–H groups in total. The van der Waals surface area contributed by atoms with Gasteiger partial charge in [-0.05, 0) is 31.5 Å². The van der Waals surface area contributed by atoms with Crippen molar-refractivity contribution >= 4 is 21.8 Å². The zero-order valence-corrected chi connectivity index (χ0v) is 12.4. The maximum atomic E-state index is 13.0. The van der Waals surface area contributed by atoms with E-state index in [1.165, 1.54) is 17.0 Å². The van der Waals surface area contributed by atoms with Gasteiger partial charge in [-0.3, -0.25) is 4.79 Å². The number of alkyl halides is 3. The minimum atomic E-state index is -4.55. The molecule has 108 valence electrons. The Labute approximate surface area is 123 Å². The number of hydrogen-bond acceptors (Lipinski definition) is 1. The smallest absolute Gasteiger partial charge is 0.334 e. The Bertz CT molecular complexity index is 566. The van der Waals surface area contributed by atoms with Gasteiger partial charge in [-0.2, -0.15) is 13.2 Å². The summed E-state index contributed by atoms with van der Waals surface area (Å²) >= 11 is 3.01. The third-order valence-electron chi connectivity index (χ3n) is 3.14. The highest BCUT2D eigenvalue weighted by atomic mass is 79.9.